The molecule has 0 spiro atoms. The van der Waals surface area contributed by atoms with Crippen LogP contribution in [0, 0.1) is 0 Å². The van der Waals surface area contributed by atoms with Crippen LogP contribution in [0.25, 0.3) is 0 Å². The number of fused-ring (bicyclic) bond motifs is 1. The third kappa shape index (κ3) is 4.82. The zero-order valence-electron chi connectivity index (χ0n) is 17.9. The van der Waals surface area contributed by atoms with Crippen molar-refractivity contribution in [2.75, 3.05) is 25.5 Å². The van der Waals surface area contributed by atoms with Crippen LogP contribution in [-0.2, 0) is 22.5 Å². The van der Waals surface area contributed by atoms with Gasteiger partial charge in [-0.3, -0.25) is 4.79 Å². The van der Waals surface area contributed by atoms with Gasteiger partial charge in [0, 0.05) is 37.0 Å². The van der Waals surface area contributed by atoms with E-state index in [1.54, 1.807) is 34.9 Å². The Morgan fingerprint density at radius 2 is 1.75 bits per heavy atom. The van der Waals surface area contributed by atoms with Crippen LogP contribution in [0.3, 0.4) is 0 Å². The van der Waals surface area contributed by atoms with Crippen LogP contribution >= 0.6 is 11.8 Å². The predicted octanol–water partition coefficient (Wildman–Crippen LogP) is 4.37. The molecule has 0 unspecified atom stereocenters. The zero-order chi connectivity index (χ0) is 22.7. The molecule has 3 aromatic carbocycles. The van der Waals surface area contributed by atoms with Crippen LogP contribution in [0.15, 0.2) is 77.7 Å². The lowest BCUT2D eigenvalue weighted by Gasteiger charge is -2.20. The first-order valence-corrected chi connectivity index (χ1v) is 12.5. The molecular formula is C24H24N2O4S2. The number of nitrogens with zero attached hydrogens (tertiary/aromatic N) is 2. The molecule has 0 radical (unpaired) electrons. The van der Waals surface area contributed by atoms with Gasteiger partial charge in [0.1, 0.15) is 0 Å². The summed E-state index contributed by atoms with van der Waals surface area (Å²) in [6.45, 7) is 0.537. The Morgan fingerprint density at radius 3 is 2.50 bits per heavy atom. The Hall–Kier alpha value is -2.81. The first-order valence-electron chi connectivity index (χ1n) is 10.2. The molecule has 1 heterocycles. The van der Waals surface area contributed by atoms with Gasteiger partial charge in [0.15, 0.2) is 5.75 Å². The Balaban J connectivity index is 1.53. The van der Waals surface area contributed by atoms with E-state index in [0.717, 1.165) is 32.6 Å². The summed E-state index contributed by atoms with van der Waals surface area (Å²) in [5.41, 5.74) is 3.44. The minimum absolute atomic E-state index is 0.0229. The highest BCUT2D eigenvalue weighted by Crippen LogP contribution is 2.35. The third-order valence-corrected chi connectivity index (χ3v) is 7.55. The number of para-hydroxylation sites is 1. The molecular weight excluding hydrogens is 444 g/mol. The molecule has 0 saturated heterocycles. The minimum atomic E-state index is -3.97. The van der Waals surface area contributed by atoms with Gasteiger partial charge in [0.05, 0.1) is 5.56 Å². The van der Waals surface area contributed by atoms with E-state index in [0.29, 0.717) is 6.54 Å². The first kappa shape index (κ1) is 22.4. The van der Waals surface area contributed by atoms with Gasteiger partial charge in [-0.15, -0.1) is 11.8 Å². The fourth-order valence-electron chi connectivity index (χ4n) is 3.47. The maximum absolute atomic E-state index is 13.3. The van der Waals surface area contributed by atoms with E-state index in [9.17, 15) is 13.2 Å². The number of amides is 1. The Kier molecular flexibility index (Phi) is 6.55. The molecule has 0 aliphatic carbocycles. The highest BCUT2D eigenvalue weighted by Gasteiger charge is 2.29. The summed E-state index contributed by atoms with van der Waals surface area (Å²) in [6, 6.07) is 22.8. The Bertz CT molecular complexity index is 1230. The second kappa shape index (κ2) is 9.36. The Morgan fingerprint density at radius 1 is 1.03 bits per heavy atom. The molecule has 3 aromatic rings. The summed E-state index contributed by atoms with van der Waals surface area (Å²) in [5, 5.41) is 0. The van der Waals surface area contributed by atoms with Crippen molar-refractivity contribution in [1.82, 2.24) is 4.31 Å². The number of thioether (sulfide) groups is 1. The number of carbonyl (C=O) groups excluding carboxylic acids is 1. The third-order valence-electron chi connectivity index (χ3n) is 5.20. The maximum atomic E-state index is 13.3. The van der Waals surface area contributed by atoms with E-state index >= 15 is 0 Å². The minimum Gasteiger partial charge on any atom is -0.370 e. The second-order valence-electron chi connectivity index (χ2n) is 7.59. The number of rotatable bonds is 7. The SMILES string of the molecule is CN(C)S(=O)(=O)Oc1ccccc1C(=O)N1CCc2cc(SCc3ccccc3)ccc21. The quantitative estimate of drug-likeness (QED) is 0.482. The highest BCUT2D eigenvalue weighted by molar-refractivity contribution is 7.98. The lowest BCUT2D eigenvalue weighted by Crippen LogP contribution is -2.31. The molecule has 1 aliphatic rings. The van der Waals surface area contributed by atoms with E-state index in [-0.39, 0.29) is 17.2 Å². The standard InChI is InChI=1S/C24H24N2O4S2/c1-25(2)32(28,29)30-23-11-7-6-10-21(23)24(27)26-15-14-19-16-20(12-13-22(19)26)31-17-18-8-4-3-5-9-18/h3-13,16H,14-15,17H2,1-2H3. The molecule has 32 heavy (non-hydrogen) atoms. The number of hydrogen-bond donors (Lipinski definition) is 0. The summed E-state index contributed by atoms with van der Waals surface area (Å²) in [6.07, 6.45) is 0.750. The molecule has 4 rings (SSSR count). The highest BCUT2D eigenvalue weighted by atomic mass is 32.2. The smallest absolute Gasteiger partial charge is 0.370 e. The van der Waals surface area contributed by atoms with Crippen molar-refractivity contribution in [3.63, 3.8) is 0 Å². The van der Waals surface area contributed by atoms with Crippen LogP contribution in [0.5, 0.6) is 5.75 Å². The van der Waals surface area contributed by atoms with E-state index in [4.69, 9.17) is 4.18 Å². The van der Waals surface area contributed by atoms with Gasteiger partial charge < -0.3 is 9.08 Å². The monoisotopic (exact) mass is 468 g/mol. The molecule has 8 heteroatoms. The van der Waals surface area contributed by atoms with Crippen LogP contribution in [-0.4, -0.2) is 39.3 Å². The van der Waals surface area contributed by atoms with E-state index < -0.39 is 10.3 Å². The number of anilines is 1. The molecule has 166 valence electrons. The van der Waals surface area contributed by atoms with E-state index in [1.807, 2.05) is 30.3 Å². The fraction of sp³-hybridized carbons (Fsp3) is 0.208. The molecule has 1 amide bonds. The van der Waals surface area contributed by atoms with Crippen molar-refractivity contribution in [1.29, 1.82) is 0 Å². The molecule has 0 saturated carbocycles. The first-order chi connectivity index (χ1) is 15.3. The zero-order valence-corrected chi connectivity index (χ0v) is 19.5. The van der Waals surface area contributed by atoms with E-state index in [2.05, 4.69) is 18.2 Å². The van der Waals surface area contributed by atoms with Crippen molar-refractivity contribution >= 4 is 33.7 Å². The number of hydrogen-bond acceptors (Lipinski definition) is 5. The summed E-state index contributed by atoms with van der Waals surface area (Å²) < 4.78 is 30.5. The maximum Gasteiger partial charge on any atom is 0.384 e. The van der Waals surface area contributed by atoms with Gasteiger partial charge in [0.2, 0.25) is 0 Å². The van der Waals surface area contributed by atoms with Crippen molar-refractivity contribution in [3.05, 3.63) is 89.5 Å². The van der Waals surface area contributed by atoms with Crippen LogP contribution in [0.2, 0.25) is 0 Å². The van der Waals surface area contributed by atoms with Crippen molar-refractivity contribution in [3.8, 4) is 5.75 Å². The summed E-state index contributed by atoms with van der Waals surface area (Å²) in [7, 11) is -1.21. The second-order valence-corrected chi connectivity index (χ2v) is 10.4. The molecule has 0 atom stereocenters. The largest absolute Gasteiger partial charge is 0.384 e. The predicted molar refractivity (Wildman–Crippen MR) is 128 cm³/mol. The summed E-state index contributed by atoms with van der Waals surface area (Å²) in [4.78, 5) is 16.2. The molecule has 1 aliphatic heterocycles. The van der Waals surface area contributed by atoms with Gasteiger partial charge in [-0.2, -0.15) is 12.7 Å². The Labute approximate surface area is 193 Å². The van der Waals surface area contributed by atoms with E-state index in [1.165, 1.54) is 25.7 Å². The van der Waals surface area contributed by atoms with Crippen LogP contribution in [0.4, 0.5) is 5.69 Å². The normalized spacial score (nSPS) is 13.3. The van der Waals surface area contributed by atoms with Crippen molar-refractivity contribution in [2.24, 2.45) is 0 Å². The average molecular weight is 469 g/mol. The van der Waals surface area contributed by atoms with Crippen LogP contribution in [0.1, 0.15) is 21.5 Å². The number of benzene rings is 3. The molecule has 0 fully saturated rings. The van der Waals surface area contributed by atoms with Gasteiger partial charge in [-0.05, 0) is 47.9 Å². The lowest BCUT2D eigenvalue weighted by molar-refractivity contribution is 0.0988. The van der Waals surface area contributed by atoms with Gasteiger partial charge in [-0.25, -0.2) is 0 Å². The average Bonchev–Trinajstić information content (AvgIpc) is 3.21. The van der Waals surface area contributed by atoms with Crippen LogP contribution < -0.4 is 9.08 Å². The lowest BCUT2D eigenvalue weighted by atomic mass is 10.1. The molecule has 0 aromatic heterocycles. The van der Waals surface area contributed by atoms with Crippen molar-refractivity contribution < 1.29 is 17.4 Å². The van der Waals surface area contributed by atoms with Gasteiger partial charge in [-0.1, -0.05) is 42.5 Å². The number of carbonyl (C=O) groups is 1. The molecule has 6 nitrogen and oxygen atoms in total. The molecule has 0 N–H and O–H groups in total. The topological polar surface area (TPSA) is 66.9 Å². The fourth-order valence-corrected chi connectivity index (χ4v) is 4.91. The molecule has 0 bridgehead atoms. The summed E-state index contributed by atoms with van der Waals surface area (Å²) in [5.74, 6) is 0.625. The summed E-state index contributed by atoms with van der Waals surface area (Å²) >= 11 is 1.76. The van der Waals surface area contributed by atoms with Gasteiger partial charge >= 0.3 is 10.3 Å². The van der Waals surface area contributed by atoms with Gasteiger partial charge in [0.25, 0.3) is 5.91 Å². The van der Waals surface area contributed by atoms with Crippen molar-refractivity contribution in [2.45, 2.75) is 17.1 Å².